The number of nitrogen functional groups attached to an aromatic ring is 1. The molecule has 0 aliphatic heterocycles. The molecule has 2 N–H and O–H groups in total. The van der Waals surface area contributed by atoms with Gasteiger partial charge >= 0.3 is 0 Å². The summed E-state index contributed by atoms with van der Waals surface area (Å²) >= 11 is 0. The molecule has 0 saturated heterocycles. The van der Waals surface area contributed by atoms with Crippen LogP contribution in [0.1, 0.15) is 24.4 Å². The maximum Gasteiger partial charge on any atom is 0.279 e. The molecule has 0 aliphatic carbocycles. The minimum Gasteiger partial charge on any atom is -0.366 e. The van der Waals surface area contributed by atoms with Crippen molar-refractivity contribution in [3.63, 3.8) is 0 Å². The van der Waals surface area contributed by atoms with Crippen LogP contribution >= 0.6 is 0 Å². The molecule has 5 nitrogen and oxygen atoms in total. The summed E-state index contributed by atoms with van der Waals surface area (Å²) in [6.45, 7) is 2.27. The Morgan fingerprint density at radius 1 is 1.14 bits per heavy atom. The van der Waals surface area contributed by atoms with Crippen LogP contribution in [0.15, 0.2) is 59.4 Å². The van der Waals surface area contributed by atoms with Crippen LogP contribution in [0.25, 0.3) is 10.9 Å². The Kier molecular flexibility index (Phi) is 3.89. The van der Waals surface area contributed by atoms with Crippen LogP contribution in [0.5, 0.6) is 0 Å². The summed E-state index contributed by atoms with van der Waals surface area (Å²) < 4.78 is 6.86. The molecule has 2 aromatic carbocycles. The van der Waals surface area contributed by atoms with E-state index >= 15 is 0 Å². The number of hydrogen-bond acceptors (Lipinski definition) is 4. The molecule has 3 rings (SSSR count). The number of nitrogens with two attached hydrogens (primary N) is 1. The molecule has 22 heavy (non-hydrogen) atoms. The Morgan fingerprint density at radius 2 is 1.82 bits per heavy atom. The monoisotopic (exact) mass is 295 g/mol. The molecule has 0 bridgehead atoms. The predicted octanol–water partition coefficient (Wildman–Crippen LogP) is 2.39. The van der Waals surface area contributed by atoms with Gasteiger partial charge in [-0.2, -0.15) is 0 Å². The fourth-order valence-electron chi connectivity index (χ4n) is 2.32. The molecule has 0 radical (unpaired) electrons. The number of rotatable bonds is 4. The zero-order valence-corrected chi connectivity index (χ0v) is 12.3. The maximum absolute atomic E-state index is 12.3. The number of aromatic nitrogens is 2. The van der Waals surface area contributed by atoms with Crippen LogP contribution in [-0.4, -0.2) is 9.66 Å². The Hall–Kier alpha value is -2.66. The van der Waals surface area contributed by atoms with Gasteiger partial charge in [0.05, 0.1) is 17.5 Å². The molecule has 1 unspecified atom stereocenters. The van der Waals surface area contributed by atoms with E-state index in [9.17, 15) is 4.79 Å². The normalized spacial score (nSPS) is 12.4. The lowest BCUT2D eigenvalue weighted by Gasteiger charge is -2.16. The summed E-state index contributed by atoms with van der Waals surface area (Å²) in [6, 6.07) is 17.0. The molecule has 1 heterocycles. The Morgan fingerprint density at radius 3 is 2.59 bits per heavy atom. The molecule has 0 amide bonds. The van der Waals surface area contributed by atoms with E-state index in [1.165, 1.54) is 0 Å². The smallest absolute Gasteiger partial charge is 0.279 e. The summed E-state index contributed by atoms with van der Waals surface area (Å²) in [4.78, 5) is 16.7. The first-order valence-electron chi connectivity index (χ1n) is 7.09. The first-order valence-corrected chi connectivity index (χ1v) is 7.09. The molecule has 5 heteroatoms. The summed E-state index contributed by atoms with van der Waals surface area (Å²) in [7, 11) is 0. The van der Waals surface area contributed by atoms with E-state index in [0.717, 1.165) is 10.2 Å². The van der Waals surface area contributed by atoms with Crippen LogP contribution < -0.4 is 11.4 Å². The second-order valence-corrected chi connectivity index (χ2v) is 5.10. The minimum absolute atomic E-state index is 0.268. The highest BCUT2D eigenvalue weighted by molar-refractivity contribution is 5.77. The van der Waals surface area contributed by atoms with Crippen molar-refractivity contribution in [2.75, 3.05) is 5.84 Å². The van der Waals surface area contributed by atoms with E-state index in [-0.39, 0.29) is 11.7 Å². The fraction of sp³-hybridized carbons (Fsp3) is 0.176. The number of benzene rings is 2. The van der Waals surface area contributed by atoms with E-state index in [0.29, 0.717) is 23.3 Å². The predicted molar refractivity (Wildman–Crippen MR) is 85.8 cm³/mol. The lowest BCUT2D eigenvalue weighted by Crippen LogP contribution is -2.33. The van der Waals surface area contributed by atoms with Crippen LogP contribution in [0.4, 0.5) is 0 Å². The Balaban J connectivity index is 1.89. The van der Waals surface area contributed by atoms with Gasteiger partial charge in [0.25, 0.3) is 5.56 Å². The second-order valence-electron chi connectivity index (χ2n) is 5.10. The number of para-hydroxylation sites is 1. The third-order valence-corrected chi connectivity index (χ3v) is 3.54. The number of hydrogen-bond donors (Lipinski definition) is 1. The van der Waals surface area contributed by atoms with Crippen molar-refractivity contribution in [1.29, 1.82) is 0 Å². The van der Waals surface area contributed by atoms with Crippen molar-refractivity contribution in [3.05, 3.63) is 76.3 Å². The average molecular weight is 295 g/mol. The van der Waals surface area contributed by atoms with Crippen molar-refractivity contribution in [3.8, 4) is 0 Å². The van der Waals surface area contributed by atoms with E-state index in [1.807, 2.05) is 43.3 Å². The summed E-state index contributed by atoms with van der Waals surface area (Å²) in [5, 5.41) is 0.504. The van der Waals surface area contributed by atoms with Crippen molar-refractivity contribution in [1.82, 2.24) is 9.66 Å². The molecule has 1 atom stereocenters. The van der Waals surface area contributed by atoms with Gasteiger partial charge in [0.2, 0.25) is 0 Å². The first kappa shape index (κ1) is 14.3. The highest BCUT2D eigenvalue weighted by Gasteiger charge is 2.15. The van der Waals surface area contributed by atoms with Gasteiger partial charge in [-0.05, 0) is 24.6 Å². The van der Waals surface area contributed by atoms with Gasteiger partial charge < -0.3 is 10.6 Å². The standard InChI is InChI=1S/C17H17N3O2/c1-12(22-11-13-7-3-2-4-8-13)16-19-15-10-6-5-9-14(15)17(21)20(16)18/h2-10,12H,11,18H2,1H3. The molecule has 1 aromatic heterocycles. The Labute approximate surface area is 127 Å². The molecule has 0 saturated carbocycles. The topological polar surface area (TPSA) is 70.1 Å². The van der Waals surface area contributed by atoms with Crippen LogP contribution in [0, 0.1) is 0 Å². The van der Waals surface area contributed by atoms with Crippen LogP contribution in [0.2, 0.25) is 0 Å². The number of nitrogens with zero attached hydrogens (tertiary/aromatic N) is 2. The largest absolute Gasteiger partial charge is 0.366 e. The van der Waals surface area contributed by atoms with Crippen molar-refractivity contribution in [2.45, 2.75) is 19.6 Å². The molecule has 0 spiro atoms. The van der Waals surface area contributed by atoms with Gasteiger partial charge in [-0.1, -0.05) is 42.5 Å². The lowest BCUT2D eigenvalue weighted by atomic mass is 10.2. The van der Waals surface area contributed by atoms with E-state index < -0.39 is 0 Å². The molecule has 3 aromatic rings. The van der Waals surface area contributed by atoms with Gasteiger partial charge in [0.15, 0.2) is 5.82 Å². The van der Waals surface area contributed by atoms with Crippen LogP contribution in [0.3, 0.4) is 0 Å². The van der Waals surface area contributed by atoms with Gasteiger partial charge in [0, 0.05) is 0 Å². The molecule has 112 valence electrons. The highest BCUT2D eigenvalue weighted by Crippen LogP contribution is 2.17. The maximum atomic E-state index is 12.3. The molecular formula is C17H17N3O2. The van der Waals surface area contributed by atoms with E-state index in [1.54, 1.807) is 18.2 Å². The van der Waals surface area contributed by atoms with Crippen LogP contribution in [-0.2, 0) is 11.3 Å². The van der Waals surface area contributed by atoms with Gasteiger partial charge in [-0.15, -0.1) is 0 Å². The molecule has 0 aliphatic rings. The zero-order chi connectivity index (χ0) is 15.5. The minimum atomic E-state index is -0.387. The zero-order valence-electron chi connectivity index (χ0n) is 12.3. The Bertz CT molecular complexity index is 843. The fourth-order valence-corrected chi connectivity index (χ4v) is 2.32. The number of fused-ring (bicyclic) bond motifs is 1. The molecular weight excluding hydrogens is 278 g/mol. The van der Waals surface area contributed by atoms with Crippen molar-refractivity contribution in [2.24, 2.45) is 0 Å². The summed E-state index contributed by atoms with van der Waals surface area (Å²) in [6.07, 6.45) is -0.387. The van der Waals surface area contributed by atoms with Crippen molar-refractivity contribution >= 4 is 10.9 Å². The summed E-state index contributed by atoms with van der Waals surface area (Å²) in [5.41, 5.74) is 1.41. The van der Waals surface area contributed by atoms with Gasteiger partial charge in [-0.25, -0.2) is 9.66 Å². The average Bonchev–Trinajstić information content (AvgIpc) is 2.57. The lowest BCUT2D eigenvalue weighted by molar-refractivity contribution is 0.0448. The van der Waals surface area contributed by atoms with E-state index in [4.69, 9.17) is 10.6 Å². The quantitative estimate of drug-likeness (QED) is 0.750. The third-order valence-electron chi connectivity index (χ3n) is 3.54. The molecule has 0 fully saturated rings. The van der Waals surface area contributed by atoms with E-state index in [2.05, 4.69) is 4.98 Å². The van der Waals surface area contributed by atoms with Crippen molar-refractivity contribution < 1.29 is 4.74 Å². The first-order chi connectivity index (χ1) is 10.7. The third kappa shape index (κ3) is 2.71. The van der Waals surface area contributed by atoms with Gasteiger partial charge in [0.1, 0.15) is 6.10 Å². The second kappa shape index (κ2) is 5.99. The SMILES string of the molecule is CC(OCc1ccccc1)c1nc2ccccc2c(=O)n1N. The highest BCUT2D eigenvalue weighted by atomic mass is 16.5. The number of ether oxygens (including phenoxy) is 1. The summed E-state index contributed by atoms with van der Waals surface area (Å²) in [5.74, 6) is 6.30. The van der Waals surface area contributed by atoms with Gasteiger partial charge in [-0.3, -0.25) is 4.79 Å².